The van der Waals surface area contributed by atoms with E-state index in [0.717, 1.165) is 11.3 Å². The monoisotopic (exact) mass is 326 g/mol. The molecule has 0 saturated carbocycles. The van der Waals surface area contributed by atoms with Crippen molar-refractivity contribution in [3.63, 3.8) is 0 Å². The van der Waals surface area contributed by atoms with E-state index in [0.29, 0.717) is 30.6 Å². The number of hydrogen-bond acceptors (Lipinski definition) is 6. The quantitative estimate of drug-likeness (QED) is 0.737. The highest BCUT2D eigenvalue weighted by atomic mass is 19.1. The molecule has 0 radical (unpaired) electrons. The Balaban J connectivity index is 1.59. The van der Waals surface area contributed by atoms with Gasteiger partial charge in [0.2, 0.25) is 11.7 Å². The second kappa shape index (κ2) is 5.92. The normalized spacial score (nSPS) is 16.6. The minimum Gasteiger partial charge on any atom is -0.487 e. The summed E-state index contributed by atoms with van der Waals surface area (Å²) in [6.07, 6.45) is 3.32. The summed E-state index contributed by atoms with van der Waals surface area (Å²) in [6, 6.07) is 8.21. The molecule has 0 N–H and O–H groups in total. The Morgan fingerprint density at radius 2 is 2.25 bits per heavy atom. The van der Waals surface area contributed by atoms with E-state index in [4.69, 9.17) is 9.26 Å². The smallest absolute Gasteiger partial charge is 0.246 e. The number of hydrogen-bond donors (Lipinski definition) is 0. The van der Waals surface area contributed by atoms with Crippen molar-refractivity contribution >= 4 is 5.69 Å². The van der Waals surface area contributed by atoms with Crippen LogP contribution in [0.5, 0.6) is 5.75 Å². The van der Waals surface area contributed by atoms with Gasteiger partial charge in [0.25, 0.3) is 0 Å². The molecule has 4 rings (SSSR count). The first-order chi connectivity index (χ1) is 11.7. The summed E-state index contributed by atoms with van der Waals surface area (Å²) < 4.78 is 24.5. The van der Waals surface area contributed by atoms with Crippen molar-refractivity contribution in [1.29, 1.82) is 0 Å². The van der Waals surface area contributed by atoms with E-state index < -0.39 is 0 Å². The minimum atomic E-state index is -0.320. The number of anilines is 1. The first-order valence-corrected chi connectivity index (χ1v) is 7.63. The second-order valence-corrected chi connectivity index (χ2v) is 5.67. The van der Waals surface area contributed by atoms with E-state index >= 15 is 0 Å². The first-order valence-electron chi connectivity index (χ1n) is 7.63. The van der Waals surface area contributed by atoms with Crippen LogP contribution in [0.25, 0.3) is 11.4 Å². The van der Waals surface area contributed by atoms with Crippen molar-refractivity contribution < 1.29 is 13.7 Å². The molecule has 24 heavy (non-hydrogen) atoms. The molecular formula is C17H15FN4O2. The molecule has 3 heterocycles. The van der Waals surface area contributed by atoms with E-state index in [9.17, 15) is 4.39 Å². The van der Waals surface area contributed by atoms with Gasteiger partial charge in [-0.3, -0.25) is 4.98 Å². The molecule has 122 valence electrons. The van der Waals surface area contributed by atoms with Gasteiger partial charge in [0.1, 0.15) is 17.7 Å². The molecule has 3 aromatic rings. The molecule has 2 aromatic heterocycles. The van der Waals surface area contributed by atoms with Gasteiger partial charge in [0.15, 0.2) is 0 Å². The Hall–Kier alpha value is -2.96. The molecule has 0 spiro atoms. The molecule has 1 aliphatic rings. The van der Waals surface area contributed by atoms with E-state index in [2.05, 4.69) is 15.1 Å². The van der Waals surface area contributed by atoms with Gasteiger partial charge in [-0.05, 0) is 31.2 Å². The van der Waals surface area contributed by atoms with Gasteiger partial charge in [-0.2, -0.15) is 4.98 Å². The summed E-state index contributed by atoms with van der Waals surface area (Å²) in [6.45, 7) is 3.03. The van der Waals surface area contributed by atoms with Gasteiger partial charge in [0, 0.05) is 24.0 Å². The molecule has 0 saturated heterocycles. The lowest BCUT2D eigenvalue weighted by Gasteiger charge is -2.34. The Morgan fingerprint density at radius 3 is 3.08 bits per heavy atom. The number of ether oxygens (including phenoxy) is 1. The van der Waals surface area contributed by atoms with Crippen LogP contribution in [0.15, 0.2) is 47.2 Å². The maximum absolute atomic E-state index is 13.4. The molecule has 0 bridgehead atoms. The van der Waals surface area contributed by atoms with Crippen molar-refractivity contribution in [2.45, 2.75) is 19.6 Å². The van der Waals surface area contributed by atoms with Gasteiger partial charge in [-0.1, -0.05) is 5.16 Å². The van der Waals surface area contributed by atoms with Crippen LogP contribution in [0.1, 0.15) is 12.8 Å². The standard InChI is InChI=1S/C17H15FN4O2/c1-11-9-22(14-5-4-13(18)7-15(14)23-11)10-16-20-17(21-24-16)12-3-2-6-19-8-12/h2-8,11H,9-10H2,1H3/t11-/m0/s1. The van der Waals surface area contributed by atoms with Crippen LogP contribution in [0.4, 0.5) is 10.1 Å². The van der Waals surface area contributed by atoms with E-state index in [1.54, 1.807) is 18.5 Å². The van der Waals surface area contributed by atoms with Crippen molar-refractivity contribution in [3.8, 4) is 17.1 Å². The average Bonchev–Trinajstić information content (AvgIpc) is 3.03. The summed E-state index contributed by atoms with van der Waals surface area (Å²) in [4.78, 5) is 10.5. The lowest BCUT2D eigenvalue weighted by atomic mass is 10.2. The molecular weight excluding hydrogens is 311 g/mol. The number of fused-ring (bicyclic) bond motifs is 1. The van der Waals surface area contributed by atoms with Crippen molar-refractivity contribution in [1.82, 2.24) is 15.1 Å². The fourth-order valence-corrected chi connectivity index (χ4v) is 2.75. The highest BCUT2D eigenvalue weighted by Gasteiger charge is 2.25. The number of halogens is 1. The van der Waals surface area contributed by atoms with Gasteiger partial charge in [0.05, 0.1) is 18.8 Å². The van der Waals surface area contributed by atoms with E-state index in [-0.39, 0.29) is 11.9 Å². The third-order valence-corrected chi connectivity index (χ3v) is 3.78. The Morgan fingerprint density at radius 1 is 1.33 bits per heavy atom. The van der Waals surface area contributed by atoms with Gasteiger partial charge in [-0.15, -0.1) is 0 Å². The van der Waals surface area contributed by atoms with Crippen LogP contribution in [0.2, 0.25) is 0 Å². The molecule has 0 fully saturated rings. The van der Waals surface area contributed by atoms with Crippen LogP contribution in [-0.2, 0) is 6.54 Å². The lowest BCUT2D eigenvalue weighted by molar-refractivity contribution is 0.209. The number of aromatic nitrogens is 3. The maximum Gasteiger partial charge on any atom is 0.246 e. The highest BCUT2D eigenvalue weighted by Crippen LogP contribution is 2.34. The van der Waals surface area contributed by atoms with Crippen molar-refractivity contribution in [2.24, 2.45) is 0 Å². The number of nitrogens with zero attached hydrogens (tertiary/aromatic N) is 4. The van der Waals surface area contributed by atoms with Crippen LogP contribution >= 0.6 is 0 Å². The summed E-state index contributed by atoms with van der Waals surface area (Å²) >= 11 is 0. The zero-order valence-electron chi connectivity index (χ0n) is 13.0. The predicted octanol–water partition coefficient (Wildman–Crippen LogP) is 3.06. The summed E-state index contributed by atoms with van der Waals surface area (Å²) in [5.74, 6) is 1.19. The molecule has 1 aromatic carbocycles. The summed E-state index contributed by atoms with van der Waals surface area (Å²) in [5.41, 5.74) is 1.61. The topological polar surface area (TPSA) is 64.3 Å². The van der Waals surface area contributed by atoms with Crippen molar-refractivity contribution in [3.05, 3.63) is 54.4 Å². The Labute approximate surface area is 137 Å². The van der Waals surface area contributed by atoms with Gasteiger partial charge >= 0.3 is 0 Å². The minimum absolute atomic E-state index is 0.0555. The largest absolute Gasteiger partial charge is 0.487 e. The van der Waals surface area contributed by atoms with Crippen LogP contribution in [-0.4, -0.2) is 27.8 Å². The average molecular weight is 326 g/mol. The SMILES string of the molecule is C[C@H]1CN(Cc2nc(-c3cccnc3)no2)c2ccc(F)cc2O1. The maximum atomic E-state index is 13.4. The van der Waals surface area contributed by atoms with Crippen LogP contribution in [0, 0.1) is 5.82 Å². The first kappa shape index (κ1) is 14.6. The third kappa shape index (κ3) is 2.80. The zero-order valence-corrected chi connectivity index (χ0v) is 13.0. The Bertz CT molecular complexity index is 853. The summed E-state index contributed by atoms with van der Waals surface area (Å²) in [5, 5.41) is 4.00. The van der Waals surface area contributed by atoms with Crippen molar-refractivity contribution in [2.75, 3.05) is 11.4 Å². The number of pyridine rings is 1. The van der Waals surface area contributed by atoms with Crippen LogP contribution < -0.4 is 9.64 Å². The fraction of sp³-hybridized carbons (Fsp3) is 0.235. The molecule has 0 aliphatic carbocycles. The third-order valence-electron chi connectivity index (χ3n) is 3.78. The molecule has 0 unspecified atom stereocenters. The molecule has 6 nitrogen and oxygen atoms in total. The molecule has 1 atom stereocenters. The summed E-state index contributed by atoms with van der Waals surface area (Å²) in [7, 11) is 0. The molecule has 0 amide bonds. The highest BCUT2D eigenvalue weighted by molar-refractivity contribution is 5.60. The molecule has 1 aliphatic heterocycles. The van der Waals surface area contributed by atoms with E-state index in [1.165, 1.54) is 12.1 Å². The van der Waals surface area contributed by atoms with Gasteiger partial charge in [-0.25, -0.2) is 4.39 Å². The second-order valence-electron chi connectivity index (χ2n) is 5.67. The van der Waals surface area contributed by atoms with Gasteiger partial charge < -0.3 is 14.2 Å². The number of benzene rings is 1. The van der Waals surface area contributed by atoms with Crippen LogP contribution in [0.3, 0.4) is 0 Å². The lowest BCUT2D eigenvalue weighted by Crippen LogP contribution is -2.38. The van der Waals surface area contributed by atoms with E-state index in [1.807, 2.05) is 24.0 Å². The Kier molecular flexibility index (Phi) is 3.60. The fourth-order valence-electron chi connectivity index (χ4n) is 2.75. The predicted molar refractivity (Wildman–Crippen MR) is 85.1 cm³/mol. The molecule has 7 heteroatoms. The number of rotatable bonds is 3. The zero-order chi connectivity index (χ0) is 16.5.